The van der Waals surface area contributed by atoms with Crippen molar-refractivity contribution in [2.45, 2.75) is 19.4 Å². The van der Waals surface area contributed by atoms with Crippen LogP contribution in [0.5, 0.6) is 5.75 Å². The fourth-order valence-corrected chi connectivity index (χ4v) is 3.44. The average molecular weight is 398 g/mol. The second kappa shape index (κ2) is 9.53. The first-order chi connectivity index (χ1) is 14.3. The van der Waals surface area contributed by atoms with Crippen LogP contribution in [-0.4, -0.2) is 69.1 Å². The molecule has 0 atom stereocenters. The molecule has 0 bridgehead atoms. The molecule has 29 heavy (non-hydrogen) atoms. The van der Waals surface area contributed by atoms with Crippen LogP contribution in [0.25, 0.3) is 11.4 Å². The molecule has 0 unspecified atom stereocenters. The minimum absolute atomic E-state index is 0.317. The molecule has 3 aromatic rings. The number of unbranched alkanes of at least 4 members (excludes halogenated alkanes) is 1. The zero-order chi connectivity index (χ0) is 19.9. The third-order valence-electron chi connectivity index (χ3n) is 4.94. The van der Waals surface area contributed by atoms with Crippen molar-refractivity contribution >= 4 is 0 Å². The summed E-state index contributed by atoms with van der Waals surface area (Å²) in [6.45, 7) is 5.88. The summed E-state index contributed by atoms with van der Waals surface area (Å²) in [6, 6.07) is 7.89. The zero-order valence-corrected chi connectivity index (χ0v) is 16.3. The number of rotatable bonds is 9. The molecule has 0 aliphatic carbocycles. The fourth-order valence-electron chi connectivity index (χ4n) is 3.44. The largest absolute Gasteiger partial charge is 0.493 e. The number of imidazole rings is 1. The Labute approximate surface area is 168 Å². The third kappa shape index (κ3) is 5.12. The molecular weight excluding hydrogens is 372 g/mol. The Morgan fingerprint density at radius 2 is 2.03 bits per heavy atom. The van der Waals surface area contributed by atoms with Crippen LogP contribution in [0, 0.1) is 0 Å². The van der Waals surface area contributed by atoms with Crippen LogP contribution in [0.2, 0.25) is 0 Å². The molecule has 1 aliphatic heterocycles. The summed E-state index contributed by atoms with van der Waals surface area (Å²) < 4.78 is 13.4. The van der Waals surface area contributed by atoms with Gasteiger partial charge in [0.2, 0.25) is 0 Å². The summed E-state index contributed by atoms with van der Waals surface area (Å²) in [5.74, 6) is 2.13. The highest BCUT2D eigenvalue weighted by Gasteiger charge is 2.13. The topological polar surface area (TPSA) is 101 Å². The minimum Gasteiger partial charge on any atom is -0.493 e. The summed E-state index contributed by atoms with van der Waals surface area (Å²) in [5, 5.41) is 6.36. The van der Waals surface area contributed by atoms with E-state index in [9.17, 15) is 4.79 Å². The average Bonchev–Trinajstić information content (AvgIpc) is 3.38. The van der Waals surface area contributed by atoms with Gasteiger partial charge < -0.3 is 14.0 Å². The van der Waals surface area contributed by atoms with Crippen LogP contribution in [-0.2, 0) is 11.3 Å². The Balaban J connectivity index is 1.36. The molecule has 2 aromatic heterocycles. The Morgan fingerprint density at radius 3 is 2.86 bits per heavy atom. The minimum atomic E-state index is -0.317. The van der Waals surface area contributed by atoms with Gasteiger partial charge in [0.15, 0.2) is 5.82 Å². The van der Waals surface area contributed by atoms with Gasteiger partial charge in [-0.1, -0.05) is 12.1 Å². The van der Waals surface area contributed by atoms with Crippen molar-refractivity contribution in [3.8, 4) is 17.1 Å². The fraction of sp³-hybridized carbons (Fsp3) is 0.450. The number of nitrogens with one attached hydrogen (secondary N) is 2. The lowest BCUT2D eigenvalue weighted by Crippen LogP contribution is -2.36. The summed E-state index contributed by atoms with van der Waals surface area (Å²) in [5.41, 5.74) is 0.603. The highest BCUT2D eigenvalue weighted by atomic mass is 16.5. The van der Waals surface area contributed by atoms with Gasteiger partial charge in [-0.15, -0.1) is 0 Å². The van der Waals surface area contributed by atoms with E-state index in [1.807, 2.05) is 35.0 Å². The van der Waals surface area contributed by atoms with E-state index in [0.29, 0.717) is 19.0 Å². The van der Waals surface area contributed by atoms with Gasteiger partial charge in [0.1, 0.15) is 11.6 Å². The number of H-pyrrole nitrogens is 2. The number of ether oxygens (including phenoxy) is 2. The second-order valence-electron chi connectivity index (χ2n) is 7.01. The monoisotopic (exact) mass is 398 g/mol. The van der Waals surface area contributed by atoms with E-state index in [0.717, 1.165) is 62.8 Å². The van der Waals surface area contributed by atoms with Gasteiger partial charge in [-0.3, -0.25) is 9.88 Å². The lowest BCUT2D eigenvalue weighted by atomic mass is 10.2. The van der Waals surface area contributed by atoms with Gasteiger partial charge in [0, 0.05) is 25.5 Å². The summed E-state index contributed by atoms with van der Waals surface area (Å²) in [6.07, 6.45) is 5.69. The second-order valence-corrected chi connectivity index (χ2v) is 7.01. The molecule has 3 heterocycles. The molecule has 1 saturated heterocycles. The lowest BCUT2D eigenvalue weighted by molar-refractivity contribution is 0.0368. The molecule has 9 nitrogen and oxygen atoms in total. The van der Waals surface area contributed by atoms with E-state index < -0.39 is 0 Å². The number of hydrogen-bond donors (Lipinski definition) is 2. The maximum absolute atomic E-state index is 11.3. The van der Waals surface area contributed by atoms with Crippen molar-refractivity contribution in [1.82, 2.24) is 29.6 Å². The number of aromatic nitrogens is 5. The lowest BCUT2D eigenvalue weighted by Gasteiger charge is -2.26. The van der Waals surface area contributed by atoms with Gasteiger partial charge >= 0.3 is 5.69 Å². The summed E-state index contributed by atoms with van der Waals surface area (Å²) in [7, 11) is 0. The van der Waals surface area contributed by atoms with Crippen LogP contribution < -0.4 is 10.4 Å². The molecule has 9 heteroatoms. The van der Waals surface area contributed by atoms with Crippen molar-refractivity contribution in [3.63, 3.8) is 0 Å². The number of morpholine rings is 1. The molecule has 1 aromatic carbocycles. The maximum atomic E-state index is 11.3. The molecule has 2 N–H and O–H groups in total. The van der Waals surface area contributed by atoms with E-state index in [2.05, 4.69) is 25.1 Å². The first-order valence-electron chi connectivity index (χ1n) is 9.96. The van der Waals surface area contributed by atoms with Crippen LogP contribution in [0.4, 0.5) is 0 Å². The van der Waals surface area contributed by atoms with E-state index in [4.69, 9.17) is 9.47 Å². The molecule has 0 saturated carbocycles. The zero-order valence-electron chi connectivity index (χ0n) is 16.3. The molecule has 154 valence electrons. The molecule has 1 fully saturated rings. The standard InChI is InChI=1S/C20H26N6O3/c27-20-22-18(23-24-20)15-26-9-7-21-19(26)16-5-1-2-6-17(16)29-12-4-3-8-25-10-13-28-14-11-25/h1-2,5-7,9H,3-4,8,10-15H2,(H2,22,23,24,27). The van der Waals surface area contributed by atoms with Crippen molar-refractivity contribution in [1.29, 1.82) is 0 Å². The van der Waals surface area contributed by atoms with Crippen LogP contribution in [0.15, 0.2) is 41.5 Å². The van der Waals surface area contributed by atoms with Gasteiger partial charge in [-0.2, -0.15) is 5.10 Å². The number of hydrogen-bond acceptors (Lipinski definition) is 6. The first-order valence-corrected chi connectivity index (χ1v) is 9.96. The number of aromatic amines is 2. The van der Waals surface area contributed by atoms with E-state index in [1.54, 1.807) is 6.20 Å². The van der Waals surface area contributed by atoms with Gasteiger partial charge in [-0.05, 0) is 31.5 Å². The van der Waals surface area contributed by atoms with Gasteiger partial charge in [-0.25, -0.2) is 14.9 Å². The first kappa shape index (κ1) is 19.4. The van der Waals surface area contributed by atoms with Gasteiger partial charge in [0.25, 0.3) is 0 Å². The van der Waals surface area contributed by atoms with Crippen molar-refractivity contribution in [2.75, 3.05) is 39.5 Å². The highest BCUT2D eigenvalue weighted by molar-refractivity contribution is 5.64. The predicted octanol–water partition coefficient (Wildman–Crippen LogP) is 1.50. The molecule has 4 rings (SSSR count). The van der Waals surface area contributed by atoms with Crippen molar-refractivity contribution < 1.29 is 9.47 Å². The Kier molecular flexibility index (Phi) is 6.38. The van der Waals surface area contributed by atoms with Gasteiger partial charge in [0.05, 0.1) is 31.9 Å². The molecule has 0 spiro atoms. The molecule has 0 radical (unpaired) electrons. The maximum Gasteiger partial charge on any atom is 0.340 e. The smallest absolute Gasteiger partial charge is 0.340 e. The summed E-state index contributed by atoms with van der Waals surface area (Å²) >= 11 is 0. The van der Waals surface area contributed by atoms with Crippen LogP contribution in [0.3, 0.4) is 0 Å². The number of para-hydroxylation sites is 1. The quantitative estimate of drug-likeness (QED) is 0.530. The van der Waals surface area contributed by atoms with Crippen LogP contribution >= 0.6 is 0 Å². The Bertz CT molecular complexity index is 957. The normalized spacial score (nSPS) is 14.9. The van der Waals surface area contributed by atoms with Crippen molar-refractivity contribution in [3.05, 3.63) is 53.0 Å². The number of benzene rings is 1. The highest BCUT2D eigenvalue weighted by Crippen LogP contribution is 2.29. The summed E-state index contributed by atoms with van der Waals surface area (Å²) in [4.78, 5) is 20.9. The molecule has 0 amide bonds. The Morgan fingerprint density at radius 1 is 1.17 bits per heavy atom. The third-order valence-corrected chi connectivity index (χ3v) is 4.94. The van der Waals surface area contributed by atoms with E-state index in [1.165, 1.54) is 0 Å². The van der Waals surface area contributed by atoms with E-state index >= 15 is 0 Å². The molecular formula is C20H26N6O3. The van der Waals surface area contributed by atoms with Crippen molar-refractivity contribution in [2.24, 2.45) is 0 Å². The van der Waals surface area contributed by atoms with Crippen LogP contribution in [0.1, 0.15) is 18.7 Å². The predicted molar refractivity (Wildman–Crippen MR) is 108 cm³/mol. The SMILES string of the molecule is O=c1[nH]nc(Cn2ccnc2-c2ccccc2OCCCCN2CCOCC2)[nH]1. The molecule has 1 aliphatic rings. The van der Waals surface area contributed by atoms with E-state index in [-0.39, 0.29) is 5.69 Å². The Hall–Kier alpha value is -2.91. The number of nitrogens with zero attached hydrogens (tertiary/aromatic N) is 4.